The molecule has 126 valence electrons. The highest BCUT2D eigenvalue weighted by molar-refractivity contribution is 5.92. The highest BCUT2D eigenvalue weighted by atomic mass is 16.5. The molecular formula is C15H18N6O3. The van der Waals surface area contributed by atoms with E-state index in [1.807, 2.05) is 0 Å². The minimum Gasteiger partial charge on any atom is -0.497 e. The van der Waals surface area contributed by atoms with Gasteiger partial charge in [0.25, 0.3) is 5.91 Å². The predicted molar refractivity (Wildman–Crippen MR) is 87.6 cm³/mol. The van der Waals surface area contributed by atoms with Gasteiger partial charge in [-0.3, -0.25) is 9.59 Å². The summed E-state index contributed by atoms with van der Waals surface area (Å²) in [6.07, 6.45) is 1.50. The third-order valence-electron chi connectivity index (χ3n) is 3.70. The van der Waals surface area contributed by atoms with E-state index in [2.05, 4.69) is 20.7 Å². The van der Waals surface area contributed by atoms with Crippen molar-refractivity contribution in [1.82, 2.24) is 25.3 Å². The average Bonchev–Trinajstić information content (AvgIpc) is 3.01. The van der Waals surface area contributed by atoms with Crippen molar-refractivity contribution in [3.63, 3.8) is 0 Å². The lowest BCUT2D eigenvalue weighted by Gasteiger charge is -2.26. The molecule has 0 aliphatic carbocycles. The first-order chi connectivity index (χ1) is 11.7. The quantitative estimate of drug-likeness (QED) is 0.736. The monoisotopic (exact) mass is 330 g/mol. The Bertz CT molecular complexity index is 786. The molecule has 0 atom stereocenters. The molecule has 1 aromatic carbocycles. The van der Waals surface area contributed by atoms with Gasteiger partial charge in [0.05, 0.1) is 13.3 Å². The van der Waals surface area contributed by atoms with Gasteiger partial charge >= 0.3 is 5.56 Å². The SMILES string of the molecule is COc1ccc(C=Nn2[nH]nc(C(=O)N3CCNCC3)c2=O)cc1. The molecule has 1 aliphatic heterocycles. The lowest BCUT2D eigenvalue weighted by Crippen LogP contribution is -2.47. The molecule has 0 radical (unpaired) electrons. The first kappa shape index (κ1) is 15.9. The molecular weight excluding hydrogens is 312 g/mol. The van der Waals surface area contributed by atoms with E-state index in [9.17, 15) is 9.59 Å². The van der Waals surface area contributed by atoms with Gasteiger partial charge in [-0.1, -0.05) is 0 Å². The van der Waals surface area contributed by atoms with E-state index in [0.717, 1.165) is 16.1 Å². The van der Waals surface area contributed by atoms with Crippen molar-refractivity contribution < 1.29 is 9.53 Å². The summed E-state index contributed by atoms with van der Waals surface area (Å²) < 4.78 is 5.08. The second-order valence-corrected chi connectivity index (χ2v) is 5.24. The van der Waals surface area contributed by atoms with Crippen LogP contribution in [0.5, 0.6) is 5.75 Å². The van der Waals surface area contributed by atoms with Crippen LogP contribution in [0.4, 0.5) is 0 Å². The Morgan fingerprint density at radius 3 is 2.67 bits per heavy atom. The minimum atomic E-state index is -0.566. The molecule has 0 saturated carbocycles. The van der Waals surface area contributed by atoms with Crippen LogP contribution in [0.3, 0.4) is 0 Å². The third-order valence-corrected chi connectivity index (χ3v) is 3.70. The Balaban J connectivity index is 1.75. The van der Waals surface area contributed by atoms with E-state index < -0.39 is 5.56 Å². The van der Waals surface area contributed by atoms with E-state index >= 15 is 0 Å². The van der Waals surface area contributed by atoms with Crippen LogP contribution in [0.25, 0.3) is 0 Å². The first-order valence-corrected chi connectivity index (χ1v) is 7.55. The summed E-state index contributed by atoms with van der Waals surface area (Å²) in [7, 11) is 1.59. The molecule has 2 N–H and O–H groups in total. The Morgan fingerprint density at radius 1 is 1.29 bits per heavy atom. The Labute approximate surface area is 137 Å². The van der Waals surface area contributed by atoms with Crippen LogP contribution in [-0.4, -0.2) is 65.4 Å². The zero-order valence-corrected chi connectivity index (χ0v) is 13.2. The fraction of sp³-hybridized carbons (Fsp3) is 0.333. The van der Waals surface area contributed by atoms with Gasteiger partial charge in [-0.15, -0.1) is 9.89 Å². The lowest BCUT2D eigenvalue weighted by molar-refractivity contribution is 0.0728. The molecule has 1 amide bonds. The smallest absolute Gasteiger partial charge is 0.320 e. The van der Waals surface area contributed by atoms with E-state index in [0.29, 0.717) is 26.2 Å². The van der Waals surface area contributed by atoms with Gasteiger partial charge in [0.2, 0.25) is 5.69 Å². The van der Waals surface area contributed by atoms with E-state index in [1.165, 1.54) is 6.21 Å². The van der Waals surface area contributed by atoms with Gasteiger partial charge in [-0.05, 0) is 29.8 Å². The Kier molecular flexibility index (Phi) is 4.71. The van der Waals surface area contributed by atoms with E-state index in [-0.39, 0.29) is 11.6 Å². The number of carbonyl (C=O) groups excluding carboxylic acids is 1. The van der Waals surface area contributed by atoms with Gasteiger partial charge in [0, 0.05) is 26.2 Å². The van der Waals surface area contributed by atoms with Crippen LogP contribution >= 0.6 is 0 Å². The zero-order chi connectivity index (χ0) is 16.9. The van der Waals surface area contributed by atoms with Crippen molar-refractivity contribution in [3.8, 4) is 5.75 Å². The first-order valence-electron chi connectivity index (χ1n) is 7.55. The number of nitrogens with zero attached hydrogens (tertiary/aromatic N) is 4. The summed E-state index contributed by atoms with van der Waals surface area (Å²) in [4.78, 5) is 27.1. The van der Waals surface area contributed by atoms with Crippen molar-refractivity contribution in [2.45, 2.75) is 0 Å². The van der Waals surface area contributed by atoms with Gasteiger partial charge in [-0.2, -0.15) is 10.3 Å². The maximum Gasteiger partial charge on any atom is 0.320 e. The van der Waals surface area contributed by atoms with Gasteiger partial charge in [-0.25, -0.2) is 0 Å². The number of carbonyl (C=O) groups is 1. The largest absolute Gasteiger partial charge is 0.497 e. The van der Waals surface area contributed by atoms with E-state index in [1.54, 1.807) is 36.3 Å². The number of aromatic nitrogens is 3. The topological polar surface area (TPSA) is 105 Å². The van der Waals surface area contributed by atoms with Crippen LogP contribution in [0.2, 0.25) is 0 Å². The van der Waals surface area contributed by atoms with Crippen molar-refractivity contribution >= 4 is 12.1 Å². The van der Waals surface area contributed by atoms with Crippen molar-refractivity contribution in [2.75, 3.05) is 33.3 Å². The van der Waals surface area contributed by atoms with Crippen molar-refractivity contribution in [2.24, 2.45) is 5.10 Å². The summed E-state index contributed by atoms with van der Waals surface area (Å²) in [6, 6.07) is 7.18. The fourth-order valence-electron chi connectivity index (χ4n) is 2.34. The summed E-state index contributed by atoms with van der Waals surface area (Å²) >= 11 is 0. The number of ether oxygens (including phenoxy) is 1. The second-order valence-electron chi connectivity index (χ2n) is 5.24. The number of hydrogen-bond acceptors (Lipinski definition) is 6. The summed E-state index contributed by atoms with van der Waals surface area (Å²) in [6.45, 7) is 2.53. The number of methoxy groups -OCH3 is 1. The normalized spacial score (nSPS) is 15.0. The molecule has 1 fully saturated rings. The maximum absolute atomic E-state index is 12.3. The number of benzene rings is 1. The molecule has 2 aromatic rings. The zero-order valence-electron chi connectivity index (χ0n) is 13.2. The molecule has 0 spiro atoms. The molecule has 9 nitrogen and oxygen atoms in total. The van der Waals surface area contributed by atoms with Crippen LogP contribution in [0, 0.1) is 0 Å². The van der Waals surface area contributed by atoms with Crippen LogP contribution in [-0.2, 0) is 0 Å². The molecule has 0 bridgehead atoms. The number of aromatic amines is 1. The second kappa shape index (κ2) is 7.09. The fourth-order valence-corrected chi connectivity index (χ4v) is 2.34. The number of nitrogens with one attached hydrogen (secondary N) is 2. The van der Waals surface area contributed by atoms with Crippen molar-refractivity contribution in [3.05, 3.63) is 45.9 Å². The van der Waals surface area contributed by atoms with Crippen LogP contribution < -0.4 is 15.6 Å². The maximum atomic E-state index is 12.3. The number of hydrogen-bond donors (Lipinski definition) is 2. The van der Waals surface area contributed by atoms with Crippen molar-refractivity contribution in [1.29, 1.82) is 0 Å². The predicted octanol–water partition coefficient (Wildman–Crippen LogP) is -0.492. The van der Waals surface area contributed by atoms with Gasteiger partial charge < -0.3 is 15.0 Å². The van der Waals surface area contributed by atoms with Crippen LogP contribution in [0.15, 0.2) is 34.2 Å². The molecule has 24 heavy (non-hydrogen) atoms. The highest BCUT2D eigenvalue weighted by Crippen LogP contribution is 2.09. The molecule has 3 rings (SSSR count). The van der Waals surface area contributed by atoms with Gasteiger partial charge in [0.1, 0.15) is 5.75 Å². The number of piperazine rings is 1. The summed E-state index contributed by atoms with van der Waals surface area (Å²) in [5.41, 5.74) is 0.0688. The number of amides is 1. The number of H-pyrrole nitrogens is 1. The molecule has 1 saturated heterocycles. The average molecular weight is 330 g/mol. The molecule has 1 aliphatic rings. The standard InChI is InChI=1S/C15H18N6O3/c1-24-12-4-2-11(3-5-12)10-17-21-15(23)13(18-19-21)14(22)20-8-6-16-7-9-20/h2-5,10,16,19H,6-9H2,1H3. The molecule has 9 heteroatoms. The molecule has 0 unspecified atom stereocenters. The lowest BCUT2D eigenvalue weighted by atomic mass is 10.2. The van der Waals surface area contributed by atoms with Crippen LogP contribution in [0.1, 0.15) is 16.1 Å². The number of rotatable bonds is 4. The Morgan fingerprint density at radius 2 is 2.00 bits per heavy atom. The third kappa shape index (κ3) is 3.35. The van der Waals surface area contributed by atoms with E-state index in [4.69, 9.17) is 4.74 Å². The highest BCUT2D eigenvalue weighted by Gasteiger charge is 2.24. The van der Waals surface area contributed by atoms with Gasteiger partial charge in [0.15, 0.2) is 0 Å². The minimum absolute atomic E-state index is 0.149. The Hall–Kier alpha value is -2.94. The molecule has 2 heterocycles. The summed E-state index contributed by atoms with van der Waals surface area (Å²) in [5.74, 6) is 0.353. The molecule has 1 aromatic heterocycles. The summed E-state index contributed by atoms with van der Waals surface area (Å²) in [5, 5.41) is 13.4.